The van der Waals surface area contributed by atoms with E-state index in [1.54, 1.807) is 0 Å². The third-order valence-corrected chi connectivity index (χ3v) is 11.6. The minimum atomic E-state index is -0.109. The summed E-state index contributed by atoms with van der Waals surface area (Å²) in [6.45, 7) is 4.69. The van der Waals surface area contributed by atoms with Gasteiger partial charge < -0.3 is 13.9 Å². The number of hydrogen-bond acceptors (Lipinski definition) is 2. The van der Waals surface area contributed by atoms with E-state index < -0.39 is 0 Å². The summed E-state index contributed by atoms with van der Waals surface area (Å²) in [5, 5.41) is 4.68. The van der Waals surface area contributed by atoms with Crippen molar-refractivity contribution in [2.45, 2.75) is 19.3 Å². The first-order valence-electron chi connectivity index (χ1n) is 18.7. The van der Waals surface area contributed by atoms with Crippen LogP contribution in [-0.4, -0.2) is 4.57 Å². The SMILES string of the molecule is CC1(C)c2ccccc2-c2c(N(c3ccccc3)c3cccc4oc5ccc(-c6ccc7c(c6)c6ccccc6n7-c6ccccc6)cc5c34)cccc21. The molecule has 0 saturated carbocycles. The Morgan fingerprint density at radius 1 is 0.481 bits per heavy atom. The minimum absolute atomic E-state index is 0.109. The standard InChI is InChI=1S/C51H36N2O/c1-51(2)41-21-11-9-20-38(41)49-42(51)22-13-24-45(49)53(36-17-7-4-8-18-36)46-25-14-26-48-50(46)40-32-34(28-30-47(40)54-48)33-27-29-44-39(31-33)37-19-10-12-23-43(37)52(44)35-15-5-3-6-16-35/h3-32H,1-2H3. The molecule has 0 amide bonds. The molecule has 10 aromatic rings. The van der Waals surface area contributed by atoms with Gasteiger partial charge in [0, 0.05) is 38.5 Å². The summed E-state index contributed by atoms with van der Waals surface area (Å²) in [7, 11) is 0. The lowest BCUT2D eigenvalue weighted by molar-refractivity contribution is 0.660. The van der Waals surface area contributed by atoms with Crippen molar-refractivity contribution in [1.82, 2.24) is 4.57 Å². The maximum absolute atomic E-state index is 6.64. The maximum Gasteiger partial charge on any atom is 0.137 e. The summed E-state index contributed by atoms with van der Waals surface area (Å²) in [6, 6.07) is 65.8. The Bertz CT molecular complexity index is 3080. The van der Waals surface area contributed by atoms with Crippen LogP contribution in [0.25, 0.3) is 71.7 Å². The molecule has 1 aliphatic rings. The highest BCUT2D eigenvalue weighted by molar-refractivity contribution is 6.15. The topological polar surface area (TPSA) is 21.3 Å². The highest BCUT2D eigenvalue weighted by atomic mass is 16.3. The Morgan fingerprint density at radius 2 is 1.13 bits per heavy atom. The van der Waals surface area contributed by atoms with E-state index in [1.807, 2.05) is 0 Å². The highest BCUT2D eigenvalue weighted by Crippen LogP contribution is 2.55. The normalized spacial score (nSPS) is 13.1. The van der Waals surface area contributed by atoms with Gasteiger partial charge in [0.2, 0.25) is 0 Å². The van der Waals surface area contributed by atoms with E-state index in [2.05, 4.69) is 205 Å². The molecule has 0 radical (unpaired) electrons. The Balaban J connectivity index is 1.13. The van der Waals surface area contributed by atoms with E-state index in [0.717, 1.165) is 50.3 Å². The summed E-state index contributed by atoms with van der Waals surface area (Å²) in [4.78, 5) is 2.44. The molecule has 0 aliphatic heterocycles. The van der Waals surface area contributed by atoms with E-state index in [1.165, 1.54) is 49.6 Å². The van der Waals surface area contributed by atoms with E-state index in [0.29, 0.717) is 0 Å². The molecule has 0 unspecified atom stereocenters. The van der Waals surface area contributed by atoms with Gasteiger partial charge in [-0.05, 0) is 101 Å². The van der Waals surface area contributed by atoms with E-state index in [-0.39, 0.29) is 5.41 Å². The van der Waals surface area contributed by atoms with Crippen LogP contribution in [0.15, 0.2) is 186 Å². The number of aromatic nitrogens is 1. The number of nitrogens with zero attached hydrogens (tertiary/aromatic N) is 2. The summed E-state index contributed by atoms with van der Waals surface area (Å²) in [6.07, 6.45) is 0. The molecule has 0 spiro atoms. The summed E-state index contributed by atoms with van der Waals surface area (Å²) >= 11 is 0. The monoisotopic (exact) mass is 692 g/mol. The van der Waals surface area contributed by atoms with Crippen molar-refractivity contribution in [2.24, 2.45) is 0 Å². The molecule has 8 aromatic carbocycles. The number of fused-ring (bicyclic) bond motifs is 9. The van der Waals surface area contributed by atoms with E-state index in [4.69, 9.17) is 4.42 Å². The second kappa shape index (κ2) is 11.6. The molecule has 11 rings (SSSR count). The Hall–Kier alpha value is -6.84. The molecule has 0 saturated heterocycles. The molecule has 0 fully saturated rings. The molecule has 2 heterocycles. The van der Waals surface area contributed by atoms with Crippen molar-refractivity contribution in [3.05, 3.63) is 193 Å². The highest BCUT2D eigenvalue weighted by Gasteiger charge is 2.38. The zero-order valence-electron chi connectivity index (χ0n) is 30.1. The fourth-order valence-electron chi connectivity index (χ4n) is 9.09. The van der Waals surface area contributed by atoms with Gasteiger partial charge in [-0.1, -0.05) is 123 Å². The molecule has 1 aliphatic carbocycles. The van der Waals surface area contributed by atoms with Crippen molar-refractivity contribution in [3.8, 4) is 27.9 Å². The summed E-state index contributed by atoms with van der Waals surface area (Å²) < 4.78 is 9.00. The Morgan fingerprint density at radius 3 is 1.98 bits per heavy atom. The van der Waals surface area contributed by atoms with Crippen LogP contribution in [0, 0.1) is 0 Å². The van der Waals surface area contributed by atoms with Crippen LogP contribution in [0.4, 0.5) is 17.1 Å². The zero-order chi connectivity index (χ0) is 36.0. The average molecular weight is 693 g/mol. The number of rotatable bonds is 5. The van der Waals surface area contributed by atoms with Crippen molar-refractivity contribution >= 4 is 60.8 Å². The van der Waals surface area contributed by atoms with Crippen LogP contribution < -0.4 is 4.90 Å². The first-order chi connectivity index (χ1) is 26.6. The van der Waals surface area contributed by atoms with Crippen LogP contribution >= 0.6 is 0 Å². The van der Waals surface area contributed by atoms with Crippen LogP contribution in [-0.2, 0) is 5.41 Å². The second-order valence-electron chi connectivity index (χ2n) is 14.9. The van der Waals surface area contributed by atoms with Gasteiger partial charge in [-0.2, -0.15) is 0 Å². The minimum Gasteiger partial charge on any atom is -0.456 e. The smallest absolute Gasteiger partial charge is 0.137 e. The lowest BCUT2D eigenvalue weighted by Crippen LogP contribution is -2.16. The third-order valence-electron chi connectivity index (χ3n) is 11.6. The van der Waals surface area contributed by atoms with Crippen molar-refractivity contribution in [1.29, 1.82) is 0 Å². The first kappa shape index (κ1) is 30.8. The zero-order valence-corrected chi connectivity index (χ0v) is 30.1. The third kappa shape index (κ3) is 4.42. The molecular formula is C51H36N2O. The van der Waals surface area contributed by atoms with Crippen LogP contribution in [0.3, 0.4) is 0 Å². The predicted molar refractivity (Wildman–Crippen MR) is 226 cm³/mol. The maximum atomic E-state index is 6.64. The molecule has 54 heavy (non-hydrogen) atoms. The quantitative estimate of drug-likeness (QED) is 0.179. The van der Waals surface area contributed by atoms with Gasteiger partial charge in [0.05, 0.1) is 27.8 Å². The van der Waals surface area contributed by atoms with Crippen molar-refractivity contribution in [2.75, 3.05) is 4.90 Å². The second-order valence-corrected chi connectivity index (χ2v) is 14.9. The van der Waals surface area contributed by atoms with E-state index >= 15 is 0 Å². The first-order valence-corrected chi connectivity index (χ1v) is 18.7. The number of benzene rings is 8. The van der Waals surface area contributed by atoms with Gasteiger partial charge in [-0.3, -0.25) is 0 Å². The van der Waals surface area contributed by atoms with Crippen molar-refractivity contribution in [3.63, 3.8) is 0 Å². The molecule has 0 atom stereocenters. The Kier molecular flexibility index (Phi) is 6.60. The number of para-hydroxylation sites is 3. The largest absolute Gasteiger partial charge is 0.456 e. The van der Waals surface area contributed by atoms with E-state index in [9.17, 15) is 0 Å². The van der Waals surface area contributed by atoms with Gasteiger partial charge in [-0.15, -0.1) is 0 Å². The lowest BCUT2D eigenvalue weighted by atomic mass is 9.82. The lowest BCUT2D eigenvalue weighted by Gasteiger charge is -2.29. The van der Waals surface area contributed by atoms with Crippen LogP contribution in [0.1, 0.15) is 25.0 Å². The molecule has 2 aromatic heterocycles. The van der Waals surface area contributed by atoms with Gasteiger partial charge in [0.1, 0.15) is 11.2 Å². The molecule has 0 bridgehead atoms. The Labute approximate surface area is 314 Å². The number of hydrogen-bond donors (Lipinski definition) is 0. The molecular weight excluding hydrogens is 657 g/mol. The van der Waals surface area contributed by atoms with Crippen LogP contribution in [0.5, 0.6) is 0 Å². The average Bonchev–Trinajstić information content (AvgIpc) is 3.84. The number of anilines is 3. The molecule has 3 nitrogen and oxygen atoms in total. The predicted octanol–water partition coefficient (Wildman–Crippen LogP) is 14.1. The summed E-state index contributed by atoms with van der Waals surface area (Å²) in [5.74, 6) is 0. The summed E-state index contributed by atoms with van der Waals surface area (Å²) in [5.41, 5.74) is 16.2. The van der Waals surface area contributed by atoms with Gasteiger partial charge in [0.15, 0.2) is 0 Å². The van der Waals surface area contributed by atoms with Gasteiger partial charge in [0.25, 0.3) is 0 Å². The van der Waals surface area contributed by atoms with Crippen LogP contribution in [0.2, 0.25) is 0 Å². The fourth-order valence-corrected chi connectivity index (χ4v) is 9.09. The molecule has 0 N–H and O–H groups in total. The van der Waals surface area contributed by atoms with Crippen molar-refractivity contribution < 1.29 is 4.42 Å². The fraction of sp³-hybridized carbons (Fsp3) is 0.0588. The molecule has 256 valence electrons. The van der Waals surface area contributed by atoms with Gasteiger partial charge in [-0.25, -0.2) is 0 Å². The molecule has 3 heteroatoms. The van der Waals surface area contributed by atoms with Gasteiger partial charge >= 0.3 is 0 Å². The number of furan rings is 1.